The molecule has 0 aromatic heterocycles. The molecule has 1 aromatic rings. The summed E-state index contributed by atoms with van der Waals surface area (Å²) in [5, 5.41) is 16.6. The van der Waals surface area contributed by atoms with E-state index in [4.69, 9.17) is 4.74 Å². The molecule has 0 saturated heterocycles. The average Bonchev–Trinajstić information content (AvgIpc) is 2.51. The fourth-order valence-corrected chi connectivity index (χ4v) is 1.86. The number of nitrogens with one attached hydrogen (secondary N) is 2. The number of hydrogen-bond donors (Lipinski definition) is 2. The Morgan fingerprint density at radius 3 is 2.67 bits per heavy atom. The molecule has 0 fully saturated rings. The molecule has 0 radical (unpaired) electrons. The SMILES string of the molecule is CC(C)CNC(=O)C(=O)N/N=C\c1cc(Br)ccc1OCC(=O)[O-]. The van der Waals surface area contributed by atoms with Gasteiger partial charge in [0.1, 0.15) is 12.4 Å². The van der Waals surface area contributed by atoms with Crippen LogP contribution in [0, 0.1) is 5.92 Å². The molecular formula is C15H17BrN3O5-. The summed E-state index contributed by atoms with van der Waals surface area (Å²) in [7, 11) is 0. The van der Waals surface area contributed by atoms with Gasteiger partial charge < -0.3 is 20.0 Å². The fourth-order valence-electron chi connectivity index (χ4n) is 1.48. The Balaban J connectivity index is 2.68. The first-order chi connectivity index (χ1) is 11.3. The zero-order chi connectivity index (χ0) is 18.1. The van der Waals surface area contributed by atoms with Gasteiger partial charge in [0.2, 0.25) is 0 Å². The average molecular weight is 399 g/mol. The monoisotopic (exact) mass is 398 g/mol. The maximum atomic E-state index is 11.5. The number of carbonyl (C=O) groups is 3. The van der Waals surface area contributed by atoms with E-state index in [0.717, 1.165) is 0 Å². The zero-order valence-corrected chi connectivity index (χ0v) is 14.8. The highest BCUT2D eigenvalue weighted by Crippen LogP contribution is 2.21. The molecule has 0 spiro atoms. The third kappa shape index (κ3) is 7.23. The van der Waals surface area contributed by atoms with Crippen molar-refractivity contribution < 1.29 is 24.2 Å². The number of carbonyl (C=O) groups excluding carboxylic acids is 3. The highest BCUT2D eigenvalue weighted by Gasteiger charge is 2.12. The molecule has 1 rings (SSSR count). The molecular weight excluding hydrogens is 382 g/mol. The molecule has 8 nitrogen and oxygen atoms in total. The van der Waals surface area contributed by atoms with Crippen LogP contribution in [0.25, 0.3) is 0 Å². The number of carboxylic acids is 1. The lowest BCUT2D eigenvalue weighted by Gasteiger charge is -2.10. The lowest BCUT2D eigenvalue weighted by molar-refractivity contribution is -0.307. The second-order valence-electron chi connectivity index (χ2n) is 5.15. The van der Waals surface area contributed by atoms with E-state index in [2.05, 4.69) is 31.8 Å². The molecule has 0 aliphatic rings. The second kappa shape index (κ2) is 9.66. The van der Waals surface area contributed by atoms with E-state index in [0.29, 0.717) is 16.6 Å². The molecule has 2 N–H and O–H groups in total. The van der Waals surface area contributed by atoms with Crippen LogP contribution in [-0.2, 0) is 14.4 Å². The molecule has 0 aliphatic heterocycles. The zero-order valence-electron chi connectivity index (χ0n) is 13.2. The van der Waals surface area contributed by atoms with Crippen LogP contribution in [0.1, 0.15) is 19.4 Å². The summed E-state index contributed by atoms with van der Waals surface area (Å²) >= 11 is 3.26. The van der Waals surface area contributed by atoms with Gasteiger partial charge in [-0.15, -0.1) is 0 Å². The molecule has 0 aliphatic carbocycles. The Labute approximate surface area is 147 Å². The van der Waals surface area contributed by atoms with E-state index in [1.807, 2.05) is 13.8 Å². The van der Waals surface area contributed by atoms with Crippen LogP contribution >= 0.6 is 15.9 Å². The number of benzene rings is 1. The maximum absolute atomic E-state index is 11.5. The Bertz CT molecular complexity index is 646. The van der Waals surface area contributed by atoms with Gasteiger partial charge >= 0.3 is 11.8 Å². The highest BCUT2D eigenvalue weighted by molar-refractivity contribution is 9.10. The van der Waals surface area contributed by atoms with Gasteiger partial charge in [-0.3, -0.25) is 9.59 Å². The maximum Gasteiger partial charge on any atom is 0.329 e. The Hall–Kier alpha value is -2.42. The van der Waals surface area contributed by atoms with Gasteiger partial charge in [-0.25, -0.2) is 5.43 Å². The minimum absolute atomic E-state index is 0.218. The summed E-state index contributed by atoms with van der Waals surface area (Å²) in [6.07, 6.45) is 1.24. The lowest BCUT2D eigenvalue weighted by atomic mass is 10.2. The van der Waals surface area contributed by atoms with Crippen molar-refractivity contribution >= 4 is 39.9 Å². The molecule has 0 saturated carbocycles. The van der Waals surface area contributed by atoms with E-state index >= 15 is 0 Å². The van der Waals surface area contributed by atoms with Crippen molar-refractivity contribution in [2.45, 2.75) is 13.8 Å². The van der Waals surface area contributed by atoms with Crippen molar-refractivity contribution in [3.05, 3.63) is 28.2 Å². The van der Waals surface area contributed by atoms with Crippen molar-refractivity contribution in [1.29, 1.82) is 0 Å². The van der Waals surface area contributed by atoms with Gasteiger partial charge in [-0.2, -0.15) is 5.10 Å². The normalized spacial score (nSPS) is 10.7. The Kier molecular flexibility index (Phi) is 7.90. The topological polar surface area (TPSA) is 120 Å². The van der Waals surface area contributed by atoms with Gasteiger partial charge in [0.15, 0.2) is 0 Å². The highest BCUT2D eigenvalue weighted by atomic mass is 79.9. The summed E-state index contributed by atoms with van der Waals surface area (Å²) in [6, 6.07) is 4.80. The smallest absolute Gasteiger partial charge is 0.329 e. The van der Waals surface area contributed by atoms with Crippen molar-refractivity contribution in [2.75, 3.05) is 13.2 Å². The number of nitrogens with zero attached hydrogens (tertiary/aromatic N) is 1. The Morgan fingerprint density at radius 1 is 1.33 bits per heavy atom. The van der Waals surface area contributed by atoms with Crippen molar-refractivity contribution in [3.8, 4) is 5.75 Å². The number of hydrazone groups is 1. The van der Waals surface area contributed by atoms with E-state index < -0.39 is 24.4 Å². The largest absolute Gasteiger partial charge is 0.546 e. The summed E-state index contributed by atoms with van der Waals surface area (Å²) in [5.74, 6) is -2.60. The van der Waals surface area contributed by atoms with Gasteiger partial charge in [-0.05, 0) is 24.1 Å². The first kappa shape index (κ1) is 19.6. The number of hydrogen-bond acceptors (Lipinski definition) is 6. The van der Waals surface area contributed by atoms with Crippen LogP contribution in [0.4, 0.5) is 0 Å². The number of ether oxygens (including phenoxy) is 1. The minimum atomic E-state index is -1.36. The third-order valence-corrected chi connectivity index (χ3v) is 3.06. The molecule has 9 heteroatoms. The van der Waals surface area contributed by atoms with Crippen LogP contribution in [0.3, 0.4) is 0 Å². The van der Waals surface area contributed by atoms with E-state index in [-0.39, 0.29) is 11.7 Å². The standard InChI is InChI=1S/C15H18BrN3O5/c1-9(2)6-17-14(22)15(23)19-18-7-10-5-11(16)3-4-12(10)24-8-13(20)21/h3-5,7,9H,6,8H2,1-2H3,(H,17,22)(H,19,23)(H,20,21)/p-1/b18-7-. The van der Waals surface area contributed by atoms with Gasteiger partial charge in [0.25, 0.3) is 0 Å². The van der Waals surface area contributed by atoms with Crippen LogP contribution in [0.15, 0.2) is 27.8 Å². The number of carboxylic acid groups (broad SMARTS) is 1. The van der Waals surface area contributed by atoms with Gasteiger partial charge in [0, 0.05) is 16.6 Å². The van der Waals surface area contributed by atoms with Gasteiger partial charge in [-0.1, -0.05) is 29.8 Å². The predicted molar refractivity (Wildman–Crippen MR) is 88.2 cm³/mol. The van der Waals surface area contributed by atoms with Crippen LogP contribution < -0.4 is 20.6 Å². The summed E-state index contributed by atoms with van der Waals surface area (Å²) in [4.78, 5) is 33.5. The van der Waals surface area contributed by atoms with Crippen LogP contribution in [-0.4, -0.2) is 37.1 Å². The van der Waals surface area contributed by atoms with E-state index in [1.54, 1.807) is 12.1 Å². The minimum Gasteiger partial charge on any atom is -0.546 e. The first-order valence-electron chi connectivity index (χ1n) is 7.03. The molecule has 2 amide bonds. The number of aliphatic carboxylic acids is 1. The quantitative estimate of drug-likeness (QED) is 0.374. The summed E-state index contributed by atoms with van der Waals surface area (Å²) < 4.78 is 5.76. The van der Waals surface area contributed by atoms with Crippen LogP contribution in [0.2, 0.25) is 0 Å². The van der Waals surface area contributed by atoms with Gasteiger partial charge in [0.05, 0.1) is 12.2 Å². The summed E-state index contributed by atoms with van der Waals surface area (Å²) in [6.45, 7) is 3.56. The predicted octanol–water partition coefficient (Wildman–Crippen LogP) is -0.200. The number of rotatable bonds is 7. The van der Waals surface area contributed by atoms with Crippen molar-refractivity contribution in [3.63, 3.8) is 0 Å². The molecule has 0 unspecified atom stereocenters. The number of amides is 2. The molecule has 130 valence electrons. The Morgan fingerprint density at radius 2 is 2.04 bits per heavy atom. The number of halogens is 1. The molecule has 0 bridgehead atoms. The second-order valence-corrected chi connectivity index (χ2v) is 6.06. The van der Waals surface area contributed by atoms with E-state index in [1.165, 1.54) is 12.3 Å². The van der Waals surface area contributed by atoms with Crippen molar-refractivity contribution in [1.82, 2.24) is 10.7 Å². The molecule has 0 heterocycles. The first-order valence-corrected chi connectivity index (χ1v) is 7.82. The van der Waals surface area contributed by atoms with Crippen molar-refractivity contribution in [2.24, 2.45) is 11.0 Å². The third-order valence-electron chi connectivity index (χ3n) is 2.56. The van der Waals surface area contributed by atoms with Crippen LogP contribution in [0.5, 0.6) is 5.75 Å². The lowest BCUT2D eigenvalue weighted by Crippen LogP contribution is -2.39. The molecule has 0 atom stereocenters. The molecule has 1 aromatic carbocycles. The van der Waals surface area contributed by atoms with E-state index in [9.17, 15) is 19.5 Å². The fraction of sp³-hybridized carbons (Fsp3) is 0.333. The molecule has 24 heavy (non-hydrogen) atoms. The summed E-state index contributed by atoms with van der Waals surface area (Å²) in [5.41, 5.74) is 2.50.